The first-order valence-electron chi connectivity index (χ1n) is 6.11. The van der Waals surface area contributed by atoms with E-state index in [1.165, 1.54) is 16.9 Å². The average Bonchev–Trinajstić information content (AvgIpc) is 2.78. The summed E-state index contributed by atoms with van der Waals surface area (Å²) < 4.78 is 1.83. The van der Waals surface area contributed by atoms with Gasteiger partial charge in [-0.2, -0.15) is 0 Å². The zero-order valence-electron chi connectivity index (χ0n) is 10.7. The van der Waals surface area contributed by atoms with Gasteiger partial charge < -0.3 is 11.1 Å². The standard InChI is InChI=1S/C14H14Br2N2OS/c15-11-7-12(20-13(11)16)14(19)18-8-10-3-1-9(2-4-10)5-6-17/h1-4,7H,5-6,8,17H2,(H,18,19). The SMILES string of the molecule is NCCc1ccc(CNC(=O)c2cc(Br)c(Br)s2)cc1. The van der Waals surface area contributed by atoms with Gasteiger partial charge in [0.2, 0.25) is 0 Å². The predicted molar refractivity (Wildman–Crippen MR) is 90.1 cm³/mol. The highest BCUT2D eigenvalue weighted by Gasteiger charge is 2.11. The minimum atomic E-state index is -0.0626. The Hall–Kier alpha value is -0.690. The monoisotopic (exact) mass is 416 g/mol. The minimum absolute atomic E-state index is 0.0626. The molecule has 106 valence electrons. The summed E-state index contributed by atoms with van der Waals surface area (Å²) in [4.78, 5) is 12.7. The van der Waals surface area contributed by atoms with E-state index < -0.39 is 0 Å². The second-order valence-corrected chi connectivity index (χ2v) is 7.49. The molecular weight excluding hydrogens is 404 g/mol. The van der Waals surface area contributed by atoms with Crippen molar-refractivity contribution in [2.45, 2.75) is 13.0 Å². The summed E-state index contributed by atoms with van der Waals surface area (Å²) in [6.45, 7) is 1.17. The third-order valence-electron chi connectivity index (χ3n) is 2.78. The number of thiophene rings is 1. The first-order chi connectivity index (χ1) is 9.60. The number of hydrogen-bond donors (Lipinski definition) is 2. The van der Waals surface area contributed by atoms with Crippen LogP contribution in [0.4, 0.5) is 0 Å². The fraction of sp³-hybridized carbons (Fsp3) is 0.214. The van der Waals surface area contributed by atoms with E-state index in [2.05, 4.69) is 37.2 Å². The number of nitrogens with two attached hydrogens (primary N) is 1. The van der Waals surface area contributed by atoms with Gasteiger partial charge in [-0.1, -0.05) is 24.3 Å². The van der Waals surface area contributed by atoms with Crippen LogP contribution in [0.1, 0.15) is 20.8 Å². The number of nitrogens with one attached hydrogen (secondary N) is 1. The molecule has 0 aliphatic carbocycles. The van der Waals surface area contributed by atoms with Crippen LogP contribution in [0.15, 0.2) is 38.6 Å². The van der Waals surface area contributed by atoms with Crippen molar-refractivity contribution in [2.24, 2.45) is 5.73 Å². The summed E-state index contributed by atoms with van der Waals surface area (Å²) in [6, 6.07) is 9.95. The van der Waals surface area contributed by atoms with E-state index >= 15 is 0 Å². The number of benzene rings is 1. The quantitative estimate of drug-likeness (QED) is 0.779. The van der Waals surface area contributed by atoms with Crippen LogP contribution in [0, 0.1) is 0 Å². The molecule has 1 aromatic heterocycles. The summed E-state index contributed by atoms with van der Waals surface area (Å²) in [5, 5.41) is 2.91. The smallest absolute Gasteiger partial charge is 0.261 e. The maximum absolute atomic E-state index is 12.0. The average molecular weight is 418 g/mol. The molecule has 1 aromatic carbocycles. The van der Waals surface area contributed by atoms with Crippen molar-refractivity contribution in [3.8, 4) is 0 Å². The van der Waals surface area contributed by atoms with Crippen LogP contribution in [0.3, 0.4) is 0 Å². The van der Waals surface area contributed by atoms with Gasteiger partial charge in [-0.15, -0.1) is 11.3 Å². The summed E-state index contributed by atoms with van der Waals surface area (Å²) >= 11 is 8.17. The number of hydrogen-bond acceptors (Lipinski definition) is 3. The summed E-state index contributed by atoms with van der Waals surface area (Å²) in [7, 11) is 0. The molecule has 0 aliphatic heterocycles. The number of amides is 1. The van der Waals surface area contributed by atoms with Crippen LogP contribution in [-0.2, 0) is 13.0 Å². The van der Waals surface area contributed by atoms with Crippen molar-refractivity contribution in [2.75, 3.05) is 6.54 Å². The number of carbonyl (C=O) groups excluding carboxylic acids is 1. The third-order valence-corrected chi connectivity index (χ3v) is 6.03. The zero-order valence-corrected chi connectivity index (χ0v) is 14.6. The number of halogens is 2. The second-order valence-electron chi connectivity index (χ2n) is 4.27. The van der Waals surface area contributed by atoms with E-state index in [0.29, 0.717) is 18.0 Å². The fourth-order valence-corrected chi connectivity index (χ4v) is 3.67. The molecule has 0 aliphatic rings. The first-order valence-corrected chi connectivity index (χ1v) is 8.51. The maximum atomic E-state index is 12.0. The van der Waals surface area contributed by atoms with Crippen LogP contribution in [-0.4, -0.2) is 12.5 Å². The lowest BCUT2D eigenvalue weighted by molar-refractivity contribution is 0.0955. The third kappa shape index (κ3) is 4.15. The van der Waals surface area contributed by atoms with Crippen molar-refractivity contribution in [1.29, 1.82) is 0 Å². The maximum Gasteiger partial charge on any atom is 0.261 e. The van der Waals surface area contributed by atoms with Crippen molar-refractivity contribution >= 4 is 49.1 Å². The molecule has 2 aromatic rings. The predicted octanol–water partition coefficient (Wildman–Crippen LogP) is 3.70. The van der Waals surface area contributed by atoms with Crippen LogP contribution < -0.4 is 11.1 Å². The molecule has 0 fully saturated rings. The van der Waals surface area contributed by atoms with Crippen LogP contribution >= 0.6 is 43.2 Å². The molecule has 0 unspecified atom stereocenters. The van der Waals surface area contributed by atoms with Crippen LogP contribution in [0.2, 0.25) is 0 Å². The Morgan fingerprint density at radius 1 is 1.20 bits per heavy atom. The largest absolute Gasteiger partial charge is 0.347 e. The molecule has 1 heterocycles. The van der Waals surface area contributed by atoms with Gasteiger partial charge in [0.05, 0.1) is 8.66 Å². The normalized spacial score (nSPS) is 10.6. The Bertz CT molecular complexity index is 576. The second kappa shape index (κ2) is 7.36. The lowest BCUT2D eigenvalue weighted by atomic mass is 10.1. The Kier molecular flexibility index (Phi) is 5.77. The summed E-state index contributed by atoms with van der Waals surface area (Å²) in [5.74, 6) is -0.0626. The molecule has 3 N–H and O–H groups in total. The highest BCUT2D eigenvalue weighted by Crippen LogP contribution is 2.32. The Morgan fingerprint density at radius 2 is 1.85 bits per heavy atom. The zero-order chi connectivity index (χ0) is 14.5. The van der Waals surface area contributed by atoms with Gasteiger partial charge in [0.25, 0.3) is 5.91 Å². The molecule has 0 atom stereocenters. The van der Waals surface area contributed by atoms with E-state index in [4.69, 9.17) is 5.73 Å². The Balaban J connectivity index is 1.92. The molecule has 0 saturated heterocycles. The Labute approximate surface area is 138 Å². The van der Waals surface area contributed by atoms with Gasteiger partial charge in [0, 0.05) is 11.0 Å². The minimum Gasteiger partial charge on any atom is -0.347 e. The molecule has 0 saturated carbocycles. The van der Waals surface area contributed by atoms with Crippen molar-refractivity contribution < 1.29 is 4.79 Å². The number of rotatable bonds is 5. The van der Waals surface area contributed by atoms with Gasteiger partial charge in [0.15, 0.2) is 0 Å². The molecule has 0 spiro atoms. The molecule has 3 nitrogen and oxygen atoms in total. The molecule has 20 heavy (non-hydrogen) atoms. The molecule has 0 bridgehead atoms. The van der Waals surface area contributed by atoms with Crippen molar-refractivity contribution in [1.82, 2.24) is 5.32 Å². The number of carbonyl (C=O) groups is 1. The van der Waals surface area contributed by atoms with Gasteiger partial charge in [0.1, 0.15) is 0 Å². The fourth-order valence-electron chi connectivity index (χ4n) is 1.72. The highest BCUT2D eigenvalue weighted by molar-refractivity contribution is 9.13. The summed E-state index contributed by atoms with van der Waals surface area (Å²) in [6.07, 6.45) is 0.879. The molecule has 6 heteroatoms. The van der Waals surface area contributed by atoms with Gasteiger partial charge in [-0.05, 0) is 62.0 Å². The highest BCUT2D eigenvalue weighted by atomic mass is 79.9. The van der Waals surface area contributed by atoms with E-state index in [9.17, 15) is 4.79 Å². The molecule has 0 radical (unpaired) electrons. The lowest BCUT2D eigenvalue weighted by Crippen LogP contribution is -2.21. The van der Waals surface area contributed by atoms with E-state index in [-0.39, 0.29) is 5.91 Å². The van der Waals surface area contributed by atoms with Gasteiger partial charge in [-0.25, -0.2) is 0 Å². The van der Waals surface area contributed by atoms with Crippen LogP contribution in [0.25, 0.3) is 0 Å². The first kappa shape index (κ1) is 15.7. The van der Waals surface area contributed by atoms with E-state index in [0.717, 1.165) is 20.2 Å². The topological polar surface area (TPSA) is 55.1 Å². The molecule has 2 rings (SSSR count). The van der Waals surface area contributed by atoms with Crippen molar-refractivity contribution in [3.63, 3.8) is 0 Å². The van der Waals surface area contributed by atoms with E-state index in [1.54, 1.807) is 0 Å². The van der Waals surface area contributed by atoms with E-state index in [1.807, 2.05) is 30.3 Å². The summed E-state index contributed by atoms with van der Waals surface area (Å²) in [5.41, 5.74) is 7.81. The van der Waals surface area contributed by atoms with Crippen molar-refractivity contribution in [3.05, 3.63) is 54.6 Å². The molecular formula is C14H14Br2N2OS. The van der Waals surface area contributed by atoms with Gasteiger partial charge >= 0.3 is 0 Å². The van der Waals surface area contributed by atoms with Crippen LogP contribution in [0.5, 0.6) is 0 Å². The molecule has 1 amide bonds. The lowest BCUT2D eigenvalue weighted by Gasteiger charge is -2.05. The Morgan fingerprint density at radius 3 is 2.40 bits per heavy atom. The van der Waals surface area contributed by atoms with Gasteiger partial charge in [-0.3, -0.25) is 4.79 Å².